The van der Waals surface area contributed by atoms with Gasteiger partial charge in [-0.2, -0.15) is 0 Å². The monoisotopic (exact) mass is 152 g/mol. The van der Waals surface area contributed by atoms with Crippen molar-refractivity contribution >= 4 is 0 Å². The van der Waals surface area contributed by atoms with Gasteiger partial charge in [0.1, 0.15) is 0 Å². The van der Waals surface area contributed by atoms with Crippen LogP contribution in [0.4, 0.5) is 0 Å². The number of hydrogen-bond donors (Lipinski definition) is 1. The van der Waals surface area contributed by atoms with E-state index in [1.54, 1.807) is 0 Å². The maximum Gasteiger partial charge on any atom is 0.0289 e. The highest BCUT2D eigenvalue weighted by atomic mass is 15.2. The van der Waals surface area contributed by atoms with Gasteiger partial charge in [0.25, 0.3) is 0 Å². The minimum absolute atomic E-state index is 0.226. The molecule has 4 fully saturated rings. The van der Waals surface area contributed by atoms with Gasteiger partial charge >= 0.3 is 0 Å². The highest BCUT2D eigenvalue weighted by molar-refractivity contribution is 5.05. The Hall–Kier alpha value is -0.0800. The third-order valence-electron chi connectivity index (χ3n) is 3.63. The van der Waals surface area contributed by atoms with Crippen LogP contribution in [0.3, 0.4) is 0 Å². The van der Waals surface area contributed by atoms with Gasteiger partial charge in [-0.3, -0.25) is 0 Å². The Morgan fingerprint density at radius 2 is 1.82 bits per heavy atom. The van der Waals surface area contributed by atoms with Crippen molar-refractivity contribution in [2.75, 3.05) is 19.6 Å². The molecule has 2 nitrogen and oxygen atoms in total. The van der Waals surface area contributed by atoms with E-state index in [1.165, 1.54) is 38.9 Å². The van der Waals surface area contributed by atoms with Crippen LogP contribution in [0.2, 0.25) is 0 Å². The van der Waals surface area contributed by atoms with Gasteiger partial charge in [-0.1, -0.05) is 0 Å². The van der Waals surface area contributed by atoms with Crippen LogP contribution in [0.15, 0.2) is 0 Å². The zero-order valence-electron chi connectivity index (χ0n) is 6.92. The quantitative estimate of drug-likeness (QED) is 0.545. The SMILES string of the molecule is NC12CC3CC(CN(C3)C1)C2. The Bertz CT molecular complexity index is 153. The van der Waals surface area contributed by atoms with E-state index in [-0.39, 0.29) is 5.54 Å². The van der Waals surface area contributed by atoms with Crippen molar-refractivity contribution < 1.29 is 0 Å². The van der Waals surface area contributed by atoms with Crippen LogP contribution < -0.4 is 5.73 Å². The lowest BCUT2D eigenvalue weighted by Gasteiger charge is -2.56. The van der Waals surface area contributed by atoms with Crippen molar-refractivity contribution in [3.8, 4) is 0 Å². The predicted molar refractivity (Wildman–Crippen MR) is 44.2 cm³/mol. The molecule has 11 heavy (non-hydrogen) atoms. The molecule has 1 aliphatic carbocycles. The molecule has 3 heterocycles. The van der Waals surface area contributed by atoms with E-state index >= 15 is 0 Å². The zero-order chi connectivity index (χ0) is 7.47. The highest BCUT2D eigenvalue weighted by Crippen LogP contribution is 2.44. The fraction of sp³-hybridized carbons (Fsp3) is 1.00. The van der Waals surface area contributed by atoms with Gasteiger partial charge in [0, 0.05) is 25.2 Å². The summed E-state index contributed by atoms with van der Waals surface area (Å²) in [6, 6.07) is 0. The standard InChI is InChI=1S/C9H16N2/c10-9-2-7-1-8(3-9)5-11(4-7)6-9/h7-8H,1-6,10H2. The lowest BCUT2D eigenvalue weighted by atomic mass is 9.64. The summed E-state index contributed by atoms with van der Waals surface area (Å²) in [7, 11) is 0. The maximum absolute atomic E-state index is 6.28. The van der Waals surface area contributed by atoms with Gasteiger partial charge in [0.2, 0.25) is 0 Å². The van der Waals surface area contributed by atoms with Crippen LogP contribution in [0.1, 0.15) is 19.3 Å². The molecule has 0 aromatic heterocycles. The molecule has 2 atom stereocenters. The third kappa shape index (κ3) is 0.859. The fourth-order valence-corrected chi connectivity index (χ4v) is 3.66. The molecule has 4 bridgehead atoms. The summed E-state index contributed by atoms with van der Waals surface area (Å²) in [4.78, 5) is 2.58. The van der Waals surface area contributed by atoms with E-state index in [0.29, 0.717) is 0 Å². The molecule has 2 unspecified atom stereocenters. The first-order chi connectivity index (χ1) is 5.23. The van der Waals surface area contributed by atoms with Gasteiger partial charge in [0.15, 0.2) is 0 Å². The van der Waals surface area contributed by atoms with E-state index in [0.717, 1.165) is 11.8 Å². The molecule has 2 heteroatoms. The van der Waals surface area contributed by atoms with Crippen molar-refractivity contribution in [2.45, 2.75) is 24.8 Å². The molecule has 3 aliphatic heterocycles. The van der Waals surface area contributed by atoms with Gasteiger partial charge in [0.05, 0.1) is 0 Å². The number of hydrogen-bond acceptors (Lipinski definition) is 2. The molecule has 2 N–H and O–H groups in total. The average Bonchev–Trinajstić information content (AvgIpc) is 1.79. The van der Waals surface area contributed by atoms with Crippen LogP contribution in [-0.2, 0) is 0 Å². The molecule has 4 aliphatic rings. The molecule has 0 spiro atoms. The lowest BCUT2D eigenvalue weighted by Crippen LogP contribution is -2.66. The minimum atomic E-state index is 0.226. The Kier molecular flexibility index (Phi) is 1.06. The molecule has 0 aromatic rings. The Morgan fingerprint density at radius 1 is 1.18 bits per heavy atom. The van der Waals surface area contributed by atoms with Gasteiger partial charge in [-0.15, -0.1) is 0 Å². The first-order valence-corrected chi connectivity index (χ1v) is 4.75. The van der Waals surface area contributed by atoms with Crippen molar-refractivity contribution in [1.29, 1.82) is 0 Å². The van der Waals surface area contributed by atoms with E-state index in [9.17, 15) is 0 Å². The highest BCUT2D eigenvalue weighted by Gasteiger charge is 2.47. The molecule has 3 saturated heterocycles. The second kappa shape index (κ2) is 1.80. The Balaban J connectivity index is 1.94. The van der Waals surface area contributed by atoms with E-state index in [4.69, 9.17) is 5.73 Å². The van der Waals surface area contributed by atoms with Crippen LogP contribution in [0.5, 0.6) is 0 Å². The van der Waals surface area contributed by atoms with Crippen molar-refractivity contribution in [3.05, 3.63) is 0 Å². The largest absolute Gasteiger partial charge is 0.324 e. The molecule has 4 rings (SSSR count). The summed E-state index contributed by atoms with van der Waals surface area (Å²) in [6.45, 7) is 3.87. The molecular weight excluding hydrogens is 136 g/mol. The number of nitrogens with zero attached hydrogens (tertiary/aromatic N) is 1. The first-order valence-electron chi connectivity index (χ1n) is 4.75. The van der Waals surface area contributed by atoms with Crippen molar-refractivity contribution in [3.63, 3.8) is 0 Å². The number of piperidine rings is 3. The van der Waals surface area contributed by atoms with Gasteiger partial charge < -0.3 is 10.6 Å². The minimum Gasteiger partial charge on any atom is -0.324 e. The normalized spacial score (nSPS) is 60.3. The Morgan fingerprint density at radius 3 is 2.27 bits per heavy atom. The summed E-state index contributed by atoms with van der Waals surface area (Å²) < 4.78 is 0. The van der Waals surface area contributed by atoms with Crippen molar-refractivity contribution in [1.82, 2.24) is 4.90 Å². The van der Waals surface area contributed by atoms with Crippen molar-refractivity contribution in [2.24, 2.45) is 17.6 Å². The predicted octanol–water partition coefficient (Wildman–Crippen LogP) is 0.429. The van der Waals surface area contributed by atoms with E-state index in [2.05, 4.69) is 4.90 Å². The molecule has 0 aromatic carbocycles. The molecule has 62 valence electrons. The molecule has 1 saturated carbocycles. The van der Waals surface area contributed by atoms with Crippen LogP contribution >= 0.6 is 0 Å². The molecule has 0 amide bonds. The third-order valence-corrected chi connectivity index (χ3v) is 3.63. The molecule has 0 radical (unpaired) electrons. The van der Waals surface area contributed by atoms with E-state index < -0.39 is 0 Å². The molecular formula is C9H16N2. The lowest BCUT2D eigenvalue weighted by molar-refractivity contribution is -0.0330. The van der Waals surface area contributed by atoms with Gasteiger partial charge in [-0.05, 0) is 31.1 Å². The number of nitrogens with two attached hydrogens (primary N) is 1. The average molecular weight is 152 g/mol. The summed E-state index contributed by atoms with van der Waals surface area (Å²) in [5.74, 6) is 1.89. The topological polar surface area (TPSA) is 29.3 Å². The summed E-state index contributed by atoms with van der Waals surface area (Å²) in [6.07, 6.45) is 4.08. The fourth-order valence-electron chi connectivity index (χ4n) is 3.66. The smallest absolute Gasteiger partial charge is 0.0289 e. The maximum atomic E-state index is 6.28. The van der Waals surface area contributed by atoms with Crippen LogP contribution in [-0.4, -0.2) is 30.1 Å². The summed E-state index contributed by atoms with van der Waals surface area (Å²) >= 11 is 0. The summed E-state index contributed by atoms with van der Waals surface area (Å²) in [5.41, 5.74) is 6.51. The number of rotatable bonds is 0. The second-order valence-corrected chi connectivity index (χ2v) is 4.93. The second-order valence-electron chi connectivity index (χ2n) is 4.93. The van der Waals surface area contributed by atoms with Crippen LogP contribution in [0.25, 0.3) is 0 Å². The Labute approximate surface area is 67.7 Å². The van der Waals surface area contributed by atoms with Crippen LogP contribution in [0, 0.1) is 11.8 Å². The van der Waals surface area contributed by atoms with Gasteiger partial charge in [-0.25, -0.2) is 0 Å². The zero-order valence-corrected chi connectivity index (χ0v) is 6.92. The first kappa shape index (κ1) is 6.44. The van der Waals surface area contributed by atoms with E-state index in [1.807, 2.05) is 0 Å². The summed E-state index contributed by atoms with van der Waals surface area (Å²) in [5, 5.41) is 0.